The Bertz CT molecular complexity index is 998. The van der Waals surface area contributed by atoms with E-state index >= 15 is 0 Å². The van der Waals surface area contributed by atoms with Gasteiger partial charge in [-0.3, -0.25) is 9.78 Å². The van der Waals surface area contributed by atoms with E-state index in [1.54, 1.807) is 25.4 Å². The summed E-state index contributed by atoms with van der Waals surface area (Å²) in [5.74, 6) is 0.822. The van der Waals surface area contributed by atoms with Gasteiger partial charge in [-0.05, 0) is 42.7 Å². The van der Waals surface area contributed by atoms with Crippen LogP contribution in [-0.4, -0.2) is 51.2 Å². The van der Waals surface area contributed by atoms with Crippen molar-refractivity contribution in [2.24, 2.45) is 0 Å². The Morgan fingerprint density at radius 3 is 2.59 bits per heavy atom. The molecule has 1 amide bonds. The smallest absolute Gasteiger partial charge is 0.272 e. The van der Waals surface area contributed by atoms with Crippen molar-refractivity contribution >= 4 is 21.8 Å². The molecule has 1 N–H and O–H groups in total. The zero-order valence-corrected chi connectivity index (χ0v) is 17.6. The summed E-state index contributed by atoms with van der Waals surface area (Å²) in [7, 11) is 1.62. The summed E-state index contributed by atoms with van der Waals surface area (Å²) in [6.45, 7) is 0.165. The fourth-order valence-electron chi connectivity index (χ4n) is 3.57. The molecule has 29 heavy (non-hydrogen) atoms. The molecule has 0 saturated heterocycles. The van der Waals surface area contributed by atoms with Gasteiger partial charge in [-0.2, -0.15) is 4.98 Å². The van der Waals surface area contributed by atoms with E-state index in [-0.39, 0.29) is 24.5 Å². The minimum absolute atomic E-state index is 0.0921. The number of likely N-dealkylation sites (N-methyl/N-ethyl adjacent to an activating group) is 1. The third-order valence-electron chi connectivity index (χ3n) is 5.47. The molecule has 0 bridgehead atoms. The number of aliphatic hydroxyl groups excluding tert-OH is 1. The van der Waals surface area contributed by atoms with E-state index in [4.69, 9.17) is 9.63 Å². The quantitative estimate of drug-likeness (QED) is 0.610. The van der Waals surface area contributed by atoms with Crippen molar-refractivity contribution in [3.05, 3.63) is 64.1 Å². The maximum absolute atomic E-state index is 12.2. The average Bonchev–Trinajstić information content (AvgIpc) is 3.18. The predicted molar refractivity (Wildman–Crippen MR) is 110 cm³/mol. The molecule has 3 aromatic rings. The van der Waals surface area contributed by atoms with E-state index in [1.807, 2.05) is 12.1 Å². The van der Waals surface area contributed by atoms with Crippen LogP contribution in [0.25, 0.3) is 11.5 Å². The molecule has 0 aliphatic heterocycles. The minimum Gasteiger partial charge on any atom is -0.395 e. The van der Waals surface area contributed by atoms with Crippen molar-refractivity contribution in [2.45, 2.75) is 24.7 Å². The Hall–Kier alpha value is -2.58. The van der Waals surface area contributed by atoms with Crippen LogP contribution in [0.4, 0.5) is 0 Å². The zero-order chi connectivity index (χ0) is 20.4. The van der Waals surface area contributed by atoms with Crippen LogP contribution < -0.4 is 0 Å². The molecule has 7 nitrogen and oxygen atoms in total. The maximum Gasteiger partial charge on any atom is 0.272 e. The Labute approximate surface area is 176 Å². The topological polar surface area (TPSA) is 92.3 Å². The highest BCUT2D eigenvalue weighted by Crippen LogP contribution is 2.48. The molecule has 0 spiro atoms. The highest BCUT2D eigenvalue weighted by molar-refractivity contribution is 9.10. The number of aliphatic hydroxyl groups is 1. The first-order valence-corrected chi connectivity index (χ1v) is 10.3. The molecule has 1 fully saturated rings. The summed E-state index contributed by atoms with van der Waals surface area (Å²) >= 11 is 3.48. The predicted octanol–water partition coefficient (Wildman–Crippen LogP) is 3.43. The van der Waals surface area contributed by atoms with Crippen LogP contribution in [0.3, 0.4) is 0 Å². The summed E-state index contributed by atoms with van der Waals surface area (Å²) in [5.41, 5.74) is 1.94. The number of halogens is 1. The molecule has 2 heterocycles. The molecule has 4 rings (SSSR count). The van der Waals surface area contributed by atoms with E-state index in [9.17, 15) is 4.79 Å². The highest BCUT2D eigenvalue weighted by atomic mass is 79.9. The number of amides is 1. The molecule has 8 heteroatoms. The third kappa shape index (κ3) is 3.70. The first kappa shape index (κ1) is 19.7. The van der Waals surface area contributed by atoms with Gasteiger partial charge in [0.2, 0.25) is 0 Å². The SMILES string of the molecule is CN(CCO)C(=O)c1ccc(-c2nc(C3(c4ccc(Br)cc4)CCC3)no2)cn1. The minimum atomic E-state index is -0.250. The maximum atomic E-state index is 12.2. The molecule has 1 saturated carbocycles. The number of aromatic nitrogens is 3. The number of benzene rings is 1. The monoisotopic (exact) mass is 456 g/mol. The second kappa shape index (κ2) is 8.04. The molecule has 1 aliphatic carbocycles. The fraction of sp³-hybridized carbons (Fsp3) is 0.333. The van der Waals surface area contributed by atoms with Crippen molar-refractivity contribution in [1.82, 2.24) is 20.0 Å². The summed E-state index contributed by atoms with van der Waals surface area (Å²) < 4.78 is 6.56. The van der Waals surface area contributed by atoms with Crippen LogP contribution in [0.5, 0.6) is 0 Å². The summed E-state index contributed by atoms with van der Waals surface area (Å²) in [6, 6.07) is 11.6. The Morgan fingerprint density at radius 2 is 2.00 bits per heavy atom. The van der Waals surface area contributed by atoms with Crippen LogP contribution in [0.15, 0.2) is 51.6 Å². The number of pyridine rings is 1. The van der Waals surface area contributed by atoms with Crippen LogP contribution in [-0.2, 0) is 5.41 Å². The zero-order valence-electron chi connectivity index (χ0n) is 16.0. The van der Waals surface area contributed by atoms with E-state index in [1.165, 1.54) is 10.5 Å². The van der Waals surface area contributed by atoms with Crippen LogP contribution in [0.1, 0.15) is 41.1 Å². The molecule has 2 aromatic heterocycles. The van der Waals surface area contributed by atoms with E-state index < -0.39 is 0 Å². The molecular weight excluding hydrogens is 436 g/mol. The summed E-state index contributed by atoms with van der Waals surface area (Å²) in [5, 5.41) is 13.2. The van der Waals surface area contributed by atoms with Gasteiger partial charge in [0.05, 0.1) is 17.6 Å². The van der Waals surface area contributed by atoms with E-state index in [2.05, 4.69) is 43.2 Å². The fourth-order valence-corrected chi connectivity index (χ4v) is 3.83. The average molecular weight is 457 g/mol. The van der Waals surface area contributed by atoms with Crippen LogP contribution in [0.2, 0.25) is 0 Å². The van der Waals surface area contributed by atoms with Gasteiger partial charge in [0.15, 0.2) is 5.82 Å². The molecule has 0 atom stereocenters. The van der Waals surface area contributed by atoms with Crippen LogP contribution >= 0.6 is 15.9 Å². The number of hydrogen-bond acceptors (Lipinski definition) is 6. The molecule has 1 aliphatic rings. The molecule has 0 unspecified atom stereocenters. The van der Waals surface area contributed by atoms with E-state index in [0.29, 0.717) is 23.0 Å². The first-order valence-electron chi connectivity index (χ1n) is 9.46. The van der Waals surface area contributed by atoms with Gasteiger partial charge >= 0.3 is 0 Å². The van der Waals surface area contributed by atoms with Gasteiger partial charge in [-0.25, -0.2) is 0 Å². The Kier molecular flexibility index (Phi) is 5.47. The lowest BCUT2D eigenvalue weighted by molar-refractivity contribution is 0.0761. The highest BCUT2D eigenvalue weighted by Gasteiger charge is 2.44. The standard InChI is InChI=1S/C21H21BrN4O3/c1-26(11-12-27)19(28)17-8-3-14(13-23-17)18-24-20(25-29-18)21(9-2-10-21)15-4-6-16(22)7-5-15/h3-8,13,27H,2,9-12H2,1H3. The number of carbonyl (C=O) groups excluding carboxylic acids is 1. The third-order valence-corrected chi connectivity index (χ3v) is 6.00. The van der Waals surface area contributed by atoms with Gasteiger partial charge in [-0.1, -0.05) is 39.6 Å². The van der Waals surface area contributed by atoms with Crippen molar-refractivity contribution < 1.29 is 14.4 Å². The molecule has 1 aromatic carbocycles. The van der Waals surface area contributed by atoms with Crippen LogP contribution in [0, 0.1) is 0 Å². The van der Waals surface area contributed by atoms with Gasteiger partial charge in [0, 0.05) is 24.3 Å². The van der Waals surface area contributed by atoms with E-state index in [0.717, 1.165) is 23.7 Å². The van der Waals surface area contributed by atoms with Gasteiger partial charge < -0.3 is 14.5 Å². The normalized spacial score (nSPS) is 15.0. The number of hydrogen-bond donors (Lipinski definition) is 1. The number of rotatable bonds is 6. The lowest BCUT2D eigenvalue weighted by Gasteiger charge is -2.39. The summed E-state index contributed by atoms with van der Waals surface area (Å²) in [4.78, 5) is 22.5. The lowest BCUT2D eigenvalue weighted by atomic mass is 9.64. The van der Waals surface area contributed by atoms with Gasteiger partial charge in [0.25, 0.3) is 11.8 Å². The molecular formula is C21H21BrN4O3. The first-order chi connectivity index (χ1) is 14.0. The molecule has 0 radical (unpaired) electrons. The van der Waals surface area contributed by atoms with Gasteiger partial charge in [-0.15, -0.1) is 0 Å². The Balaban J connectivity index is 1.57. The Morgan fingerprint density at radius 1 is 1.24 bits per heavy atom. The second-order valence-corrected chi connectivity index (χ2v) is 8.16. The van der Waals surface area contributed by atoms with Crippen molar-refractivity contribution in [3.8, 4) is 11.5 Å². The molecule has 150 valence electrons. The second-order valence-electron chi connectivity index (χ2n) is 7.25. The largest absolute Gasteiger partial charge is 0.395 e. The summed E-state index contributed by atoms with van der Waals surface area (Å²) in [6.07, 6.45) is 4.65. The number of nitrogens with zero attached hydrogens (tertiary/aromatic N) is 4. The van der Waals surface area contributed by atoms with Crippen molar-refractivity contribution in [1.29, 1.82) is 0 Å². The van der Waals surface area contributed by atoms with Crippen molar-refractivity contribution in [3.63, 3.8) is 0 Å². The lowest BCUT2D eigenvalue weighted by Crippen LogP contribution is -2.36. The van der Waals surface area contributed by atoms with Crippen molar-refractivity contribution in [2.75, 3.05) is 20.2 Å². The van der Waals surface area contributed by atoms with Gasteiger partial charge in [0.1, 0.15) is 5.69 Å². The number of carbonyl (C=O) groups is 1.